The van der Waals surface area contributed by atoms with Crippen LogP contribution in [0.4, 0.5) is 0 Å². The third-order valence-corrected chi connectivity index (χ3v) is 1.22. The third-order valence-electron chi connectivity index (χ3n) is 1.22. The monoisotopic (exact) mass is 131 g/mol. The Bertz CT molecular complexity index is 71.5. The third kappa shape index (κ3) is 3.97. The molecule has 0 spiro atoms. The number of amides is 1. The van der Waals surface area contributed by atoms with Crippen molar-refractivity contribution in [2.24, 2.45) is 0 Å². The van der Waals surface area contributed by atoms with Gasteiger partial charge in [0.25, 0.3) is 0 Å². The second-order valence-corrected chi connectivity index (χ2v) is 1.79. The Morgan fingerprint density at radius 1 is 1.78 bits per heavy atom. The highest BCUT2D eigenvalue weighted by Crippen LogP contribution is 1.91. The van der Waals surface area contributed by atoms with Crippen LogP contribution in [0, 0.1) is 0 Å². The average Bonchev–Trinajstić information content (AvgIpc) is 1.91. The summed E-state index contributed by atoms with van der Waals surface area (Å²) < 4.78 is 4.98. The highest BCUT2D eigenvalue weighted by atomic mass is 16.5. The zero-order valence-electron chi connectivity index (χ0n) is 5.89. The minimum Gasteiger partial charge on any atom is -0.380 e. The van der Waals surface area contributed by atoms with Crippen LogP contribution >= 0.6 is 0 Å². The fraction of sp³-hybridized carbons (Fsp3) is 0.833. The van der Waals surface area contributed by atoms with Gasteiger partial charge in [-0.2, -0.15) is 0 Å². The van der Waals surface area contributed by atoms with E-state index in [2.05, 4.69) is 5.32 Å². The van der Waals surface area contributed by atoms with E-state index in [1.807, 2.05) is 6.92 Å². The molecule has 1 N–H and O–H groups in total. The molecule has 0 aromatic heterocycles. The molecule has 0 rings (SSSR count). The number of ether oxygens (including phenoxy) is 1. The van der Waals surface area contributed by atoms with Gasteiger partial charge < -0.3 is 10.1 Å². The molecule has 0 heterocycles. The molecule has 0 aliphatic heterocycles. The summed E-state index contributed by atoms with van der Waals surface area (Å²) in [5, 5.41) is 2.54. The fourth-order valence-electron chi connectivity index (χ4n) is 0.574. The lowest BCUT2D eigenvalue weighted by atomic mass is 10.3. The van der Waals surface area contributed by atoms with Gasteiger partial charge in [0.1, 0.15) is 0 Å². The molecule has 0 saturated carbocycles. The number of methoxy groups -OCH3 is 1. The lowest BCUT2D eigenvalue weighted by Crippen LogP contribution is -2.26. The first-order valence-electron chi connectivity index (χ1n) is 3.05. The van der Waals surface area contributed by atoms with Crippen LogP contribution in [0.25, 0.3) is 0 Å². The summed E-state index contributed by atoms with van der Waals surface area (Å²) >= 11 is 0. The Morgan fingerprint density at radius 3 is 2.78 bits per heavy atom. The zero-order chi connectivity index (χ0) is 7.11. The van der Waals surface area contributed by atoms with E-state index in [9.17, 15) is 4.79 Å². The summed E-state index contributed by atoms with van der Waals surface area (Å²) in [5.74, 6) is 0. The Balaban J connectivity index is 3.19. The maximum absolute atomic E-state index is 9.77. The van der Waals surface area contributed by atoms with Crippen molar-refractivity contribution in [1.82, 2.24) is 5.32 Å². The van der Waals surface area contributed by atoms with Crippen molar-refractivity contribution >= 4 is 6.41 Å². The van der Waals surface area contributed by atoms with Crippen molar-refractivity contribution < 1.29 is 9.53 Å². The van der Waals surface area contributed by atoms with Crippen LogP contribution in [0.15, 0.2) is 0 Å². The normalized spacial score (nSPS) is 12.7. The van der Waals surface area contributed by atoms with E-state index >= 15 is 0 Å². The molecule has 0 saturated heterocycles. The van der Waals surface area contributed by atoms with E-state index in [1.54, 1.807) is 7.11 Å². The smallest absolute Gasteiger partial charge is 0.207 e. The Morgan fingerprint density at radius 2 is 2.44 bits per heavy atom. The predicted octanol–water partition coefficient (Wildman–Crippen LogP) is 0.157. The van der Waals surface area contributed by atoms with Gasteiger partial charge in [0.2, 0.25) is 6.41 Å². The van der Waals surface area contributed by atoms with E-state index in [-0.39, 0.29) is 6.10 Å². The molecule has 0 aromatic carbocycles. The van der Waals surface area contributed by atoms with Crippen molar-refractivity contribution in [2.45, 2.75) is 19.4 Å². The van der Waals surface area contributed by atoms with E-state index in [0.717, 1.165) is 6.42 Å². The summed E-state index contributed by atoms with van der Waals surface area (Å²) in [4.78, 5) is 9.77. The molecule has 1 unspecified atom stereocenters. The molecule has 0 bridgehead atoms. The van der Waals surface area contributed by atoms with Gasteiger partial charge >= 0.3 is 0 Å². The van der Waals surface area contributed by atoms with Crippen LogP contribution in [0.3, 0.4) is 0 Å². The quantitative estimate of drug-likeness (QED) is 0.540. The van der Waals surface area contributed by atoms with E-state index in [4.69, 9.17) is 4.74 Å². The second-order valence-electron chi connectivity index (χ2n) is 1.79. The van der Waals surface area contributed by atoms with Crippen LogP contribution in [0.2, 0.25) is 0 Å². The van der Waals surface area contributed by atoms with Crippen molar-refractivity contribution in [3.8, 4) is 0 Å². The van der Waals surface area contributed by atoms with Crippen LogP contribution in [-0.2, 0) is 9.53 Å². The molecule has 1 atom stereocenters. The van der Waals surface area contributed by atoms with Crippen LogP contribution in [0.1, 0.15) is 13.3 Å². The molecule has 3 nitrogen and oxygen atoms in total. The maximum atomic E-state index is 9.77. The topological polar surface area (TPSA) is 38.3 Å². The predicted molar refractivity (Wildman–Crippen MR) is 35.2 cm³/mol. The van der Waals surface area contributed by atoms with E-state index < -0.39 is 0 Å². The van der Waals surface area contributed by atoms with Gasteiger partial charge in [-0.15, -0.1) is 0 Å². The van der Waals surface area contributed by atoms with E-state index in [1.165, 1.54) is 0 Å². The van der Waals surface area contributed by atoms with Gasteiger partial charge in [0.15, 0.2) is 0 Å². The molecular weight excluding hydrogens is 118 g/mol. The molecule has 54 valence electrons. The molecule has 0 aliphatic carbocycles. The number of carbonyl (C=O) groups is 1. The lowest BCUT2D eigenvalue weighted by molar-refractivity contribution is -0.110. The fourth-order valence-corrected chi connectivity index (χ4v) is 0.574. The first-order valence-corrected chi connectivity index (χ1v) is 3.05. The standard InChI is InChI=1S/C6H13NO2/c1-3-6(9-2)4-7-5-8/h5-6H,3-4H2,1-2H3,(H,7,8). The van der Waals surface area contributed by atoms with Gasteiger partial charge in [-0.3, -0.25) is 4.79 Å². The minimum absolute atomic E-state index is 0.162. The number of hydrogen-bond donors (Lipinski definition) is 1. The van der Waals surface area contributed by atoms with Crippen molar-refractivity contribution in [2.75, 3.05) is 13.7 Å². The SMILES string of the molecule is CCC(CNC=O)OC. The summed E-state index contributed by atoms with van der Waals surface area (Å²) in [5.41, 5.74) is 0. The van der Waals surface area contributed by atoms with Gasteiger partial charge in [-0.25, -0.2) is 0 Å². The molecule has 0 radical (unpaired) electrons. The molecular formula is C6H13NO2. The number of nitrogens with one attached hydrogen (secondary N) is 1. The highest BCUT2D eigenvalue weighted by Gasteiger charge is 2.00. The molecule has 0 aliphatic rings. The Kier molecular flexibility index (Phi) is 5.21. The largest absolute Gasteiger partial charge is 0.380 e. The first-order chi connectivity index (χ1) is 4.35. The average molecular weight is 131 g/mol. The number of rotatable bonds is 5. The van der Waals surface area contributed by atoms with Crippen LogP contribution in [0.5, 0.6) is 0 Å². The van der Waals surface area contributed by atoms with Crippen molar-refractivity contribution in [1.29, 1.82) is 0 Å². The molecule has 0 aromatic rings. The maximum Gasteiger partial charge on any atom is 0.207 e. The molecule has 0 fully saturated rings. The lowest BCUT2D eigenvalue weighted by Gasteiger charge is -2.10. The van der Waals surface area contributed by atoms with Crippen molar-refractivity contribution in [3.05, 3.63) is 0 Å². The molecule has 1 amide bonds. The molecule has 9 heavy (non-hydrogen) atoms. The van der Waals surface area contributed by atoms with Gasteiger partial charge in [-0.1, -0.05) is 6.92 Å². The second kappa shape index (κ2) is 5.56. The van der Waals surface area contributed by atoms with Gasteiger partial charge in [-0.05, 0) is 6.42 Å². The number of hydrogen-bond acceptors (Lipinski definition) is 2. The minimum atomic E-state index is 0.162. The molecule has 3 heteroatoms. The summed E-state index contributed by atoms with van der Waals surface area (Å²) in [6.45, 7) is 2.62. The first kappa shape index (κ1) is 8.43. The van der Waals surface area contributed by atoms with Gasteiger partial charge in [0, 0.05) is 13.7 Å². The zero-order valence-corrected chi connectivity index (χ0v) is 5.89. The number of carbonyl (C=O) groups excluding carboxylic acids is 1. The Labute approximate surface area is 55.4 Å². The Hall–Kier alpha value is -0.570. The van der Waals surface area contributed by atoms with Crippen LogP contribution < -0.4 is 5.32 Å². The van der Waals surface area contributed by atoms with Gasteiger partial charge in [0.05, 0.1) is 6.10 Å². The summed E-state index contributed by atoms with van der Waals surface area (Å²) in [6, 6.07) is 0. The van der Waals surface area contributed by atoms with E-state index in [0.29, 0.717) is 13.0 Å². The summed E-state index contributed by atoms with van der Waals surface area (Å²) in [7, 11) is 1.64. The summed E-state index contributed by atoms with van der Waals surface area (Å²) in [6.07, 6.45) is 1.77. The van der Waals surface area contributed by atoms with Crippen LogP contribution in [-0.4, -0.2) is 26.2 Å². The van der Waals surface area contributed by atoms with Crippen molar-refractivity contribution in [3.63, 3.8) is 0 Å². The highest BCUT2D eigenvalue weighted by molar-refractivity contribution is 5.45.